The van der Waals surface area contributed by atoms with E-state index in [1.807, 2.05) is 18.2 Å². The molecule has 0 saturated carbocycles. The van der Waals surface area contributed by atoms with Gasteiger partial charge in [-0.15, -0.1) is 0 Å². The first-order valence-electron chi connectivity index (χ1n) is 7.74. The molecule has 0 aliphatic heterocycles. The van der Waals surface area contributed by atoms with E-state index in [9.17, 15) is 5.11 Å². The van der Waals surface area contributed by atoms with Gasteiger partial charge in [0.05, 0.1) is 17.2 Å². The smallest absolute Gasteiger partial charge is 0.133 e. The standard InChI is InChI=1S/C17H27BrO2/c1-4-7-13(8-5-2)17(19)14-9-10-16(15(18)12-14)20-11-6-3/h9-10,12-13,17,19H,4-8,11H2,1-3H3. The van der Waals surface area contributed by atoms with Gasteiger partial charge in [-0.1, -0.05) is 39.7 Å². The second-order valence-corrected chi connectivity index (χ2v) is 6.17. The number of hydrogen-bond acceptors (Lipinski definition) is 2. The van der Waals surface area contributed by atoms with Gasteiger partial charge in [0, 0.05) is 0 Å². The van der Waals surface area contributed by atoms with Crippen molar-refractivity contribution < 1.29 is 9.84 Å². The molecule has 20 heavy (non-hydrogen) atoms. The highest BCUT2D eigenvalue weighted by Gasteiger charge is 2.20. The zero-order valence-electron chi connectivity index (χ0n) is 12.9. The summed E-state index contributed by atoms with van der Waals surface area (Å²) in [5.41, 5.74) is 0.979. The van der Waals surface area contributed by atoms with Gasteiger partial charge in [-0.05, 0) is 58.8 Å². The Balaban J connectivity index is 2.81. The topological polar surface area (TPSA) is 29.5 Å². The first-order chi connectivity index (χ1) is 9.63. The number of halogens is 1. The van der Waals surface area contributed by atoms with Gasteiger partial charge < -0.3 is 9.84 Å². The fourth-order valence-electron chi connectivity index (χ4n) is 2.50. The summed E-state index contributed by atoms with van der Waals surface area (Å²) in [6.07, 6.45) is 4.97. The summed E-state index contributed by atoms with van der Waals surface area (Å²) < 4.78 is 6.57. The lowest BCUT2D eigenvalue weighted by Crippen LogP contribution is -2.12. The van der Waals surface area contributed by atoms with E-state index in [1.54, 1.807) is 0 Å². The molecule has 0 aliphatic rings. The summed E-state index contributed by atoms with van der Waals surface area (Å²) in [6.45, 7) is 7.15. The summed E-state index contributed by atoms with van der Waals surface area (Å²) in [7, 11) is 0. The minimum Gasteiger partial charge on any atom is -0.492 e. The number of benzene rings is 1. The molecule has 0 fully saturated rings. The number of aliphatic hydroxyl groups is 1. The molecule has 0 bridgehead atoms. The van der Waals surface area contributed by atoms with Gasteiger partial charge in [0.1, 0.15) is 5.75 Å². The predicted molar refractivity (Wildman–Crippen MR) is 88.2 cm³/mol. The van der Waals surface area contributed by atoms with Crippen molar-refractivity contribution in [2.45, 2.75) is 59.0 Å². The quantitative estimate of drug-likeness (QED) is 0.643. The van der Waals surface area contributed by atoms with E-state index in [-0.39, 0.29) is 6.10 Å². The third kappa shape index (κ3) is 5.10. The molecule has 3 heteroatoms. The Morgan fingerprint density at radius 1 is 1.10 bits per heavy atom. The summed E-state index contributed by atoms with van der Waals surface area (Å²) >= 11 is 3.54. The molecule has 1 aromatic carbocycles. The first kappa shape index (κ1) is 17.5. The molecule has 0 saturated heterocycles. The molecule has 1 N–H and O–H groups in total. The van der Waals surface area contributed by atoms with Crippen molar-refractivity contribution in [1.82, 2.24) is 0 Å². The number of aliphatic hydroxyl groups excluding tert-OH is 1. The van der Waals surface area contributed by atoms with Crippen LogP contribution < -0.4 is 4.74 Å². The highest BCUT2D eigenvalue weighted by atomic mass is 79.9. The molecule has 0 spiro atoms. The van der Waals surface area contributed by atoms with Crippen LogP contribution in [0, 0.1) is 5.92 Å². The van der Waals surface area contributed by atoms with E-state index >= 15 is 0 Å². The molecule has 0 radical (unpaired) electrons. The maximum Gasteiger partial charge on any atom is 0.133 e. The van der Waals surface area contributed by atoms with Gasteiger partial charge >= 0.3 is 0 Å². The molecule has 0 aromatic heterocycles. The van der Waals surface area contributed by atoms with Gasteiger partial charge in [-0.3, -0.25) is 0 Å². The highest BCUT2D eigenvalue weighted by molar-refractivity contribution is 9.10. The van der Waals surface area contributed by atoms with Gasteiger partial charge in [-0.2, -0.15) is 0 Å². The van der Waals surface area contributed by atoms with Crippen molar-refractivity contribution in [3.63, 3.8) is 0 Å². The van der Waals surface area contributed by atoms with Gasteiger partial charge in [0.2, 0.25) is 0 Å². The molecular weight excluding hydrogens is 316 g/mol. The molecule has 2 nitrogen and oxygen atoms in total. The lowest BCUT2D eigenvalue weighted by molar-refractivity contribution is 0.0963. The summed E-state index contributed by atoms with van der Waals surface area (Å²) in [5.74, 6) is 1.20. The van der Waals surface area contributed by atoms with E-state index in [0.29, 0.717) is 5.92 Å². The molecular formula is C17H27BrO2. The average Bonchev–Trinajstić information content (AvgIpc) is 2.45. The normalized spacial score (nSPS) is 12.7. The predicted octanol–water partition coefficient (Wildman–Crippen LogP) is 5.49. The maximum absolute atomic E-state index is 10.6. The molecule has 0 aliphatic carbocycles. The first-order valence-corrected chi connectivity index (χ1v) is 8.53. The van der Waals surface area contributed by atoms with Crippen molar-refractivity contribution >= 4 is 15.9 Å². The van der Waals surface area contributed by atoms with E-state index in [1.165, 1.54) is 0 Å². The monoisotopic (exact) mass is 342 g/mol. The summed E-state index contributed by atoms with van der Waals surface area (Å²) in [4.78, 5) is 0. The van der Waals surface area contributed by atoms with Crippen LogP contribution in [0.15, 0.2) is 22.7 Å². The molecule has 0 amide bonds. The van der Waals surface area contributed by atoms with Gasteiger partial charge in [0.25, 0.3) is 0 Å². The fraction of sp³-hybridized carbons (Fsp3) is 0.647. The minimum atomic E-state index is -0.383. The maximum atomic E-state index is 10.6. The number of ether oxygens (including phenoxy) is 1. The molecule has 1 atom stereocenters. The Kier molecular flexibility index (Phi) is 8.24. The zero-order chi connectivity index (χ0) is 15.0. The molecule has 1 aromatic rings. The van der Waals surface area contributed by atoms with Crippen molar-refractivity contribution in [2.75, 3.05) is 6.61 Å². The van der Waals surface area contributed by atoms with Crippen LogP contribution in [-0.4, -0.2) is 11.7 Å². The third-order valence-electron chi connectivity index (χ3n) is 3.52. The van der Waals surface area contributed by atoms with Crippen LogP contribution in [0.5, 0.6) is 5.75 Å². The summed E-state index contributed by atoms with van der Waals surface area (Å²) in [5, 5.41) is 10.6. The van der Waals surface area contributed by atoms with Crippen LogP contribution in [0.3, 0.4) is 0 Å². The van der Waals surface area contributed by atoms with Crippen molar-refractivity contribution in [3.8, 4) is 5.75 Å². The zero-order valence-corrected chi connectivity index (χ0v) is 14.4. The minimum absolute atomic E-state index is 0.347. The third-order valence-corrected chi connectivity index (χ3v) is 4.14. The van der Waals surface area contributed by atoms with Crippen LogP contribution in [0.4, 0.5) is 0 Å². The Morgan fingerprint density at radius 3 is 2.25 bits per heavy atom. The average molecular weight is 343 g/mol. The lowest BCUT2D eigenvalue weighted by Gasteiger charge is -2.23. The number of rotatable bonds is 9. The molecule has 1 unspecified atom stereocenters. The second-order valence-electron chi connectivity index (χ2n) is 5.32. The van der Waals surface area contributed by atoms with E-state index in [4.69, 9.17) is 4.74 Å². The van der Waals surface area contributed by atoms with E-state index in [0.717, 1.165) is 54.5 Å². The van der Waals surface area contributed by atoms with Crippen molar-refractivity contribution in [1.29, 1.82) is 0 Å². The van der Waals surface area contributed by atoms with Gasteiger partial charge in [-0.25, -0.2) is 0 Å². The fourth-order valence-corrected chi connectivity index (χ4v) is 3.01. The molecule has 114 valence electrons. The SMILES string of the molecule is CCCOc1ccc(C(O)C(CCC)CCC)cc1Br. The Bertz CT molecular complexity index is 387. The van der Waals surface area contributed by atoms with Crippen molar-refractivity contribution in [3.05, 3.63) is 28.2 Å². The highest BCUT2D eigenvalue weighted by Crippen LogP contribution is 2.34. The lowest BCUT2D eigenvalue weighted by atomic mass is 9.88. The number of hydrogen-bond donors (Lipinski definition) is 1. The van der Waals surface area contributed by atoms with Crippen LogP contribution in [0.1, 0.15) is 64.5 Å². The van der Waals surface area contributed by atoms with Crippen LogP contribution in [-0.2, 0) is 0 Å². The van der Waals surface area contributed by atoms with Crippen LogP contribution in [0.2, 0.25) is 0 Å². The van der Waals surface area contributed by atoms with Crippen LogP contribution >= 0.6 is 15.9 Å². The Hall–Kier alpha value is -0.540. The van der Waals surface area contributed by atoms with Gasteiger partial charge in [0.15, 0.2) is 0 Å². The summed E-state index contributed by atoms with van der Waals surface area (Å²) in [6, 6.07) is 5.93. The Labute approximate surface area is 131 Å². The second kappa shape index (κ2) is 9.41. The van der Waals surface area contributed by atoms with Crippen molar-refractivity contribution in [2.24, 2.45) is 5.92 Å². The Morgan fingerprint density at radius 2 is 1.75 bits per heavy atom. The molecule has 1 rings (SSSR count). The van der Waals surface area contributed by atoms with E-state index in [2.05, 4.69) is 36.7 Å². The van der Waals surface area contributed by atoms with Crippen LogP contribution in [0.25, 0.3) is 0 Å². The largest absolute Gasteiger partial charge is 0.492 e. The molecule has 0 heterocycles. The van der Waals surface area contributed by atoms with E-state index < -0.39 is 0 Å².